The first-order chi connectivity index (χ1) is 11.6. The summed E-state index contributed by atoms with van der Waals surface area (Å²) < 4.78 is 6.93. The van der Waals surface area contributed by atoms with Crippen LogP contribution in [0.5, 0.6) is 0 Å². The number of carbonyl (C=O) groups excluding carboxylic acids is 2. The summed E-state index contributed by atoms with van der Waals surface area (Å²) in [5.41, 5.74) is 3.11. The molecular formula is C19H18N2O3. The highest BCUT2D eigenvalue weighted by molar-refractivity contribution is 6.10. The highest BCUT2D eigenvalue weighted by Gasteiger charge is 2.35. The Hall–Kier alpha value is -2.82. The van der Waals surface area contributed by atoms with E-state index < -0.39 is 0 Å². The van der Waals surface area contributed by atoms with Crippen molar-refractivity contribution in [2.24, 2.45) is 13.0 Å². The maximum Gasteiger partial charge on any atom is 0.311 e. The van der Waals surface area contributed by atoms with Crippen molar-refractivity contribution >= 4 is 39.4 Å². The second kappa shape index (κ2) is 5.37. The normalized spacial score (nSPS) is 17.8. The molecule has 0 aliphatic carbocycles. The molecule has 1 atom stereocenters. The fourth-order valence-electron chi connectivity index (χ4n) is 3.61. The molecule has 0 saturated carbocycles. The second-order valence-electron chi connectivity index (χ2n) is 6.21. The van der Waals surface area contributed by atoms with Crippen LogP contribution in [-0.2, 0) is 21.4 Å². The van der Waals surface area contributed by atoms with Crippen LogP contribution in [0, 0.1) is 5.92 Å². The zero-order chi connectivity index (χ0) is 16.8. The lowest BCUT2D eigenvalue weighted by molar-refractivity contribution is -0.145. The molecular weight excluding hydrogens is 304 g/mol. The number of methoxy groups -OCH3 is 1. The van der Waals surface area contributed by atoms with Crippen molar-refractivity contribution in [3.05, 3.63) is 42.5 Å². The van der Waals surface area contributed by atoms with E-state index in [1.54, 1.807) is 4.90 Å². The molecule has 1 saturated heterocycles. The van der Waals surface area contributed by atoms with Crippen LogP contribution in [0.1, 0.15) is 6.42 Å². The number of hydrogen-bond acceptors (Lipinski definition) is 3. The number of carbonyl (C=O) groups is 2. The largest absolute Gasteiger partial charge is 0.469 e. The first-order valence-electron chi connectivity index (χ1n) is 7.95. The number of amides is 1. The Balaban J connectivity index is 1.80. The average molecular weight is 322 g/mol. The van der Waals surface area contributed by atoms with E-state index in [4.69, 9.17) is 4.74 Å². The minimum Gasteiger partial charge on any atom is -0.469 e. The van der Waals surface area contributed by atoms with Crippen molar-refractivity contribution in [2.45, 2.75) is 6.42 Å². The number of esters is 1. The van der Waals surface area contributed by atoms with Gasteiger partial charge < -0.3 is 14.2 Å². The predicted octanol–water partition coefficient (Wildman–Crippen LogP) is 2.86. The van der Waals surface area contributed by atoms with Gasteiger partial charge in [-0.25, -0.2) is 0 Å². The standard InChI is InChI=1S/C19H18N2O3/c1-20-16-6-4-3-5-14(16)15-10-13(7-8-17(15)20)21-11-12(9-18(21)22)19(23)24-2/h3-8,10,12H,9,11H2,1-2H3. The highest BCUT2D eigenvalue weighted by atomic mass is 16.5. The minimum atomic E-state index is -0.384. The van der Waals surface area contributed by atoms with Gasteiger partial charge >= 0.3 is 5.97 Å². The van der Waals surface area contributed by atoms with Crippen LogP contribution in [0.25, 0.3) is 21.8 Å². The van der Waals surface area contributed by atoms with E-state index in [2.05, 4.69) is 16.7 Å². The molecule has 1 unspecified atom stereocenters. The Bertz CT molecular complexity index is 973. The quantitative estimate of drug-likeness (QED) is 0.682. The molecule has 0 N–H and O–H groups in total. The molecule has 0 radical (unpaired) electrons. The molecule has 1 amide bonds. The summed E-state index contributed by atoms with van der Waals surface area (Å²) in [5, 5.41) is 2.27. The van der Waals surface area contributed by atoms with Gasteiger partial charge in [0.25, 0.3) is 0 Å². The molecule has 2 heterocycles. The van der Waals surface area contributed by atoms with Gasteiger partial charge in [-0.2, -0.15) is 0 Å². The number of para-hydroxylation sites is 1. The SMILES string of the molecule is COC(=O)C1CC(=O)N(c2ccc3c(c2)c2ccccc2n3C)C1. The molecule has 5 heteroatoms. The fourth-order valence-corrected chi connectivity index (χ4v) is 3.61. The average Bonchev–Trinajstić information content (AvgIpc) is 3.13. The summed E-state index contributed by atoms with van der Waals surface area (Å²) in [7, 11) is 3.40. The summed E-state index contributed by atoms with van der Waals surface area (Å²) in [5.74, 6) is -0.743. The number of ether oxygens (including phenoxy) is 1. The number of rotatable bonds is 2. The Kier molecular flexibility index (Phi) is 3.30. The third-order valence-corrected chi connectivity index (χ3v) is 4.87. The third kappa shape index (κ3) is 2.08. The van der Waals surface area contributed by atoms with Crippen LogP contribution in [-0.4, -0.2) is 30.1 Å². The fraction of sp³-hybridized carbons (Fsp3) is 0.263. The number of fused-ring (bicyclic) bond motifs is 3. The molecule has 1 fully saturated rings. The van der Waals surface area contributed by atoms with Gasteiger partial charge in [0.2, 0.25) is 5.91 Å². The minimum absolute atomic E-state index is 0.0370. The molecule has 1 aliphatic heterocycles. The van der Waals surface area contributed by atoms with Gasteiger partial charge in [-0.05, 0) is 24.3 Å². The number of aryl methyl sites for hydroxylation is 1. The molecule has 24 heavy (non-hydrogen) atoms. The lowest BCUT2D eigenvalue weighted by Crippen LogP contribution is -2.26. The summed E-state index contributed by atoms with van der Waals surface area (Å²) in [4.78, 5) is 25.7. The third-order valence-electron chi connectivity index (χ3n) is 4.87. The van der Waals surface area contributed by atoms with Gasteiger partial charge in [0.1, 0.15) is 0 Å². The molecule has 0 bridgehead atoms. The van der Waals surface area contributed by atoms with Gasteiger partial charge in [-0.1, -0.05) is 18.2 Å². The van der Waals surface area contributed by atoms with Crippen LogP contribution in [0.4, 0.5) is 5.69 Å². The van der Waals surface area contributed by atoms with Crippen molar-refractivity contribution in [3.63, 3.8) is 0 Å². The van der Waals surface area contributed by atoms with E-state index in [0.29, 0.717) is 6.54 Å². The molecule has 122 valence electrons. The smallest absolute Gasteiger partial charge is 0.311 e. The highest BCUT2D eigenvalue weighted by Crippen LogP contribution is 2.33. The van der Waals surface area contributed by atoms with Gasteiger partial charge in [-0.15, -0.1) is 0 Å². The molecule has 3 aromatic rings. The number of hydrogen-bond donors (Lipinski definition) is 0. The number of aromatic nitrogens is 1. The van der Waals surface area contributed by atoms with E-state index >= 15 is 0 Å². The number of nitrogens with zero attached hydrogens (tertiary/aromatic N) is 2. The van der Waals surface area contributed by atoms with E-state index in [1.165, 1.54) is 7.11 Å². The summed E-state index contributed by atoms with van der Waals surface area (Å²) >= 11 is 0. The van der Waals surface area contributed by atoms with E-state index in [0.717, 1.165) is 27.5 Å². The molecule has 5 nitrogen and oxygen atoms in total. The maximum atomic E-state index is 12.3. The van der Waals surface area contributed by atoms with Crippen molar-refractivity contribution in [1.29, 1.82) is 0 Å². The van der Waals surface area contributed by atoms with Gasteiger partial charge in [-0.3, -0.25) is 9.59 Å². The van der Waals surface area contributed by atoms with Crippen molar-refractivity contribution in [2.75, 3.05) is 18.6 Å². The van der Waals surface area contributed by atoms with Crippen molar-refractivity contribution in [1.82, 2.24) is 4.57 Å². The molecule has 1 aliphatic rings. The van der Waals surface area contributed by atoms with Crippen LogP contribution in [0.3, 0.4) is 0 Å². The first-order valence-corrected chi connectivity index (χ1v) is 7.95. The summed E-state index contributed by atoms with van der Waals surface area (Å²) in [6.07, 6.45) is 0.209. The zero-order valence-electron chi connectivity index (χ0n) is 13.7. The molecule has 1 aromatic heterocycles. The van der Waals surface area contributed by atoms with Gasteiger partial charge in [0.05, 0.1) is 13.0 Å². The Morgan fingerprint density at radius 3 is 2.67 bits per heavy atom. The van der Waals surface area contributed by atoms with E-state index in [-0.39, 0.29) is 24.2 Å². The Labute approximate surface area is 139 Å². The zero-order valence-corrected chi connectivity index (χ0v) is 13.7. The molecule has 0 spiro atoms. The topological polar surface area (TPSA) is 51.5 Å². The molecule has 2 aromatic carbocycles. The van der Waals surface area contributed by atoms with E-state index in [1.807, 2.05) is 37.4 Å². The van der Waals surface area contributed by atoms with Gasteiger partial charge in [0, 0.05) is 47.5 Å². The summed E-state index contributed by atoms with van der Waals surface area (Å²) in [6, 6.07) is 14.2. The van der Waals surface area contributed by atoms with E-state index in [9.17, 15) is 9.59 Å². The Morgan fingerprint density at radius 1 is 1.12 bits per heavy atom. The summed E-state index contributed by atoms with van der Waals surface area (Å²) in [6.45, 7) is 0.377. The lowest BCUT2D eigenvalue weighted by Gasteiger charge is -2.16. The molecule has 4 rings (SSSR count). The van der Waals surface area contributed by atoms with Gasteiger partial charge in [0.15, 0.2) is 0 Å². The van der Waals surface area contributed by atoms with Crippen molar-refractivity contribution < 1.29 is 14.3 Å². The second-order valence-corrected chi connectivity index (χ2v) is 6.21. The number of anilines is 1. The lowest BCUT2D eigenvalue weighted by atomic mass is 10.1. The van der Waals surface area contributed by atoms with Crippen LogP contribution in [0.2, 0.25) is 0 Å². The maximum absolute atomic E-state index is 12.3. The monoisotopic (exact) mass is 322 g/mol. The number of benzene rings is 2. The Morgan fingerprint density at radius 2 is 1.88 bits per heavy atom. The van der Waals surface area contributed by atoms with Crippen molar-refractivity contribution in [3.8, 4) is 0 Å². The van der Waals surface area contributed by atoms with Crippen LogP contribution in [0.15, 0.2) is 42.5 Å². The van der Waals surface area contributed by atoms with Crippen LogP contribution < -0.4 is 4.90 Å². The predicted molar refractivity (Wildman–Crippen MR) is 92.9 cm³/mol. The van der Waals surface area contributed by atoms with Crippen LogP contribution >= 0.6 is 0 Å². The first kappa shape index (κ1) is 14.8.